The van der Waals surface area contributed by atoms with Crippen molar-refractivity contribution in [2.45, 2.75) is 276 Å². The standard InChI is InChI=1S/C102H159N9O33/c1-4-25-92(120)110-97(75(2)3)102(133)144-90(68-111-51-48-103-74-111)87(116)44-36-76(26-17-19-46-104-94(122)72-141-65-61-137-57-50-107-96(124)73-140-64-58-134-52-23-28-80(113)38-43-86(101(131)132)109-93(121)31-16-12-8-6-10-14-22-55-143-84-41-34-78(35-42-84)99(127)128)88(117)67-108-85(89(118)69-112)30-18-20-47-105-95(123)71-139-63-59-135-53-24-29-82(115)70-138-62-60-136-56-49-106-91(119)45-37-79(100(129)130)66-81(114)27-15-11-7-5-9-13-21-54-142-83-39-32-77(33-40-83)98(125)126/h32-35,39-42,48,51,74-76,79,85-86,90,97,108,112H,4-31,36-38,43-47,49-50,52-73H2,1-3H3,(H10,104,105,106,107,109,110,119,120,121,122,123,124,125,126,127,128,129,130,131,132)/p+1/t76-,79-,85+,86+,90+,97+/m1/s1. The summed E-state index contributed by atoms with van der Waals surface area (Å²) in [4.78, 5) is 216. The zero-order valence-electron chi connectivity index (χ0n) is 84.4. The first kappa shape index (κ1) is 127. The van der Waals surface area contributed by atoms with Crippen molar-refractivity contribution >= 4 is 100.0 Å². The molecule has 42 nitrogen and oxygen atoms in total. The maximum absolute atomic E-state index is 14.2. The fourth-order valence-corrected chi connectivity index (χ4v) is 14.7. The van der Waals surface area contributed by atoms with E-state index in [0.717, 1.165) is 77.0 Å². The number of hydrogen-bond donors (Lipinski definition) is 13. The van der Waals surface area contributed by atoms with Gasteiger partial charge in [-0.15, -0.1) is 0 Å². The molecule has 1 heterocycles. The van der Waals surface area contributed by atoms with Crippen LogP contribution in [0.1, 0.15) is 266 Å². The van der Waals surface area contributed by atoms with Crippen LogP contribution in [0.5, 0.6) is 11.5 Å². The maximum Gasteiger partial charge on any atom is 0.335 e. The molecule has 6 atom stereocenters. The van der Waals surface area contributed by atoms with Gasteiger partial charge in [-0.05, 0) is 151 Å². The number of carbonyl (C=O) groups is 17. The Morgan fingerprint density at radius 2 is 0.826 bits per heavy atom. The van der Waals surface area contributed by atoms with E-state index >= 15 is 0 Å². The summed E-state index contributed by atoms with van der Waals surface area (Å²) in [7, 11) is 0. The zero-order chi connectivity index (χ0) is 105. The number of H-pyrrole nitrogens is 1. The summed E-state index contributed by atoms with van der Waals surface area (Å²) < 4.78 is 62.5. The van der Waals surface area contributed by atoms with E-state index in [9.17, 15) is 96.8 Å². The lowest BCUT2D eigenvalue weighted by Crippen LogP contribution is -2.50. The Morgan fingerprint density at radius 3 is 1.32 bits per heavy atom. The van der Waals surface area contributed by atoms with Gasteiger partial charge in [-0.2, -0.15) is 0 Å². The van der Waals surface area contributed by atoms with Crippen LogP contribution in [0.25, 0.3) is 0 Å². The quantitative estimate of drug-likeness (QED) is 0.0148. The van der Waals surface area contributed by atoms with Gasteiger partial charge in [0, 0.05) is 103 Å². The number of aromatic carboxylic acids is 2. The zero-order valence-corrected chi connectivity index (χ0v) is 84.4. The van der Waals surface area contributed by atoms with Gasteiger partial charge >= 0.3 is 29.8 Å². The van der Waals surface area contributed by atoms with E-state index < -0.39 is 102 Å². The van der Waals surface area contributed by atoms with Crippen LogP contribution < -0.4 is 51.3 Å². The Bertz CT molecular complexity index is 4180. The minimum atomic E-state index is -1.31. The number of carboxylic acid groups (broad SMARTS) is 4. The normalized spacial score (nSPS) is 12.5. The van der Waals surface area contributed by atoms with Crippen LogP contribution in [-0.4, -0.2) is 313 Å². The SMILES string of the molecule is CCCC(=O)N[C@H](C(=O)O[C@@H](C[n+]1cc[nH]c1)C(=O)CC[C@@H](CCCCNC(=O)COCCOCCNC(=O)COCCOCCCC(=O)CC[C@H](NC(=O)CCCCCCCCCOc1ccc(C(=O)O)cc1)C(=O)O)C(=O)CN[C@@H](CCCCNC(=O)COCCOCCCC(=O)COCCOCCNC(=O)CC[C@H](CC(=O)CCCCCCCCCOc1ccc(C(=O)O)cc1)C(=O)O)C(=O)CO)C(C)C. The third kappa shape index (κ3) is 66.1. The first-order valence-corrected chi connectivity index (χ1v) is 50.8. The van der Waals surface area contributed by atoms with Crippen LogP contribution in [0.15, 0.2) is 67.3 Å². The number of carboxylic acids is 4. The monoisotopic (exact) mass is 2040 g/mol. The topological polar surface area (TPSA) is 597 Å². The molecule has 0 aliphatic carbocycles. The molecule has 0 aliphatic rings. The molecular weight excluding hydrogens is 1880 g/mol. The van der Waals surface area contributed by atoms with Gasteiger partial charge in [0.05, 0.1) is 109 Å². The van der Waals surface area contributed by atoms with Crippen LogP contribution in [0.2, 0.25) is 0 Å². The Morgan fingerprint density at radius 1 is 0.368 bits per heavy atom. The number of amides is 6. The molecule has 144 heavy (non-hydrogen) atoms. The van der Waals surface area contributed by atoms with Gasteiger partial charge in [-0.3, -0.25) is 67.3 Å². The van der Waals surface area contributed by atoms with Crippen molar-refractivity contribution in [3.8, 4) is 11.5 Å². The highest BCUT2D eigenvalue weighted by Crippen LogP contribution is 2.23. The Balaban J connectivity index is 1.26. The molecule has 6 amide bonds. The summed E-state index contributed by atoms with van der Waals surface area (Å²) in [6, 6.07) is 9.35. The molecule has 0 aliphatic heterocycles. The number of rotatable bonds is 97. The number of carbonyl (C=O) groups excluding carboxylic acids is 13. The third-order valence-electron chi connectivity index (χ3n) is 23.0. The summed E-state index contributed by atoms with van der Waals surface area (Å²) in [6.45, 7) is 6.82. The van der Waals surface area contributed by atoms with Gasteiger partial charge in [0.25, 0.3) is 0 Å². The van der Waals surface area contributed by atoms with Gasteiger partial charge in [-0.1, -0.05) is 91.4 Å². The Labute approximate surface area is 844 Å². The lowest BCUT2D eigenvalue weighted by atomic mass is 9.90. The lowest BCUT2D eigenvalue weighted by molar-refractivity contribution is -0.699. The molecule has 3 rings (SSSR count). The number of ether oxygens (including phenoxy) is 11. The highest BCUT2D eigenvalue weighted by molar-refractivity contribution is 5.92. The smallest absolute Gasteiger partial charge is 0.335 e. The Hall–Kier alpha value is -11.0. The van der Waals surface area contributed by atoms with Crippen LogP contribution in [0.3, 0.4) is 0 Å². The molecule has 0 bridgehead atoms. The minimum Gasteiger partial charge on any atom is -0.494 e. The van der Waals surface area contributed by atoms with Gasteiger partial charge in [0.1, 0.15) is 92.9 Å². The highest BCUT2D eigenvalue weighted by atomic mass is 16.6. The van der Waals surface area contributed by atoms with Crippen molar-refractivity contribution < 1.29 is 164 Å². The third-order valence-corrected chi connectivity index (χ3v) is 23.0. The Kier molecular flexibility index (Phi) is 72.6. The molecule has 0 saturated carbocycles. The molecule has 13 N–H and O–H groups in total. The summed E-state index contributed by atoms with van der Waals surface area (Å²) in [5.41, 5.74) is 0.396. The van der Waals surface area contributed by atoms with E-state index in [-0.39, 0.29) is 293 Å². The largest absolute Gasteiger partial charge is 0.494 e. The van der Waals surface area contributed by atoms with Crippen molar-refractivity contribution in [1.82, 2.24) is 42.2 Å². The predicted molar refractivity (Wildman–Crippen MR) is 524 cm³/mol. The molecule has 2 aromatic carbocycles. The van der Waals surface area contributed by atoms with E-state index in [1.807, 2.05) is 6.92 Å². The summed E-state index contributed by atoms with van der Waals surface area (Å²) in [5, 5.41) is 66.4. The van der Waals surface area contributed by atoms with E-state index in [1.165, 1.54) is 24.3 Å². The van der Waals surface area contributed by atoms with Crippen LogP contribution in [0, 0.1) is 17.8 Å². The van der Waals surface area contributed by atoms with Gasteiger partial charge in [-0.25, -0.2) is 23.7 Å². The average molecular weight is 2040 g/mol. The number of ketones is 6. The minimum absolute atomic E-state index is 0.0209. The average Bonchev–Trinajstić information content (AvgIpc) is 1.28. The lowest BCUT2D eigenvalue weighted by Gasteiger charge is -2.24. The number of unbranched alkanes of at least 4 members (excludes halogenated alkanes) is 14. The van der Waals surface area contributed by atoms with E-state index in [4.69, 9.17) is 62.3 Å². The molecule has 0 fully saturated rings. The summed E-state index contributed by atoms with van der Waals surface area (Å²) in [6.07, 6.45) is 20.0. The molecular formula is C102H160N9O33+. The molecule has 0 unspecified atom stereocenters. The maximum atomic E-state index is 14.2. The van der Waals surface area contributed by atoms with Gasteiger partial charge in [0.2, 0.25) is 41.8 Å². The number of benzene rings is 2. The number of esters is 1. The summed E-state index contributed by atoms with van der Waals surface area (Å²) in [5.74, 6) is -10.1. The van der Waals surface area contributed by atoms with E-state index in [1.54, 1.807) is 61.4 Å². The van der Waals surface area contributed by atoms with Crippen molar-refractivity contribution in [3.63, 3.8) is 0 Å². The van der Waals surface area contributed by atoms with Gasteiger partial charge in [0.15, 0.2) is 23.5 Å². The number of aromatic nitrogens is 2. The number of aliphatic carboxylic acids is 2. The number of imidazole rings is 1. The first-order chi connectivity index (χ1) is 69.5. The number of hydrogen-bond acceptors (Lipinski definition) is 30. The number of aliphatic hydroxyl groups is 1. The molecule has 810 valence electrons. The first-order valence-electron chi connectivity index (χ1n) is 50.8. The van der Waals surface area contributed by atoms with Crippen molar-refractivity contribution in [3.05, 3.63) is 78.4 Å². The highest BCUT2D eigenvalue weighted by Gasteiger charge is 2.34. The second-order valence-corrected chi connectivity index (χ2v) is 35.5. The molecule has 0 spiro atoms. The number of aliphatic hydroxyl groups excluding tert-OH is 1. The number of aromatic amines is 1. The van der Waals surface area contributed by atoms with Crippen molar-refractivity contribution in [2.24, 2.45) is 17.8 Å². The fraction of sp³-hybridized carbons (Fsp3) is 0.686. The van der Waals surface area contributed by atoms with Crippen LogP contribution >= 0.6 is 0 Å². The van der Waals surface area contributed by atoms with Gasteiger partial charge < -0.3 is 115 Å². The number of nitrogens with one attached hydrogen (secondary N) is 8. The molecule has 42 heteroatoms. The van der Waals surface area contributed by atoms with Crippen LogP contribution in [-0.2, 0) is 121 Å². The number of nitrogens with zero attached hydrogens (tertiary/aromatic N) is 1. The van der Waals surface area contributed by atoms with Crippen molar-refractivity contribution in [1.29, 1.82) is 0 Å². The molecule has 1 aromatic heterocycles. The van der Waals surface area contributed by atoms with E-state index in [2.05, 4.69) is 42.2 Å². The molecule has 3 aromatic rings. The number of Topliss-reactive ketones (excluding diaryl/α,β-unsaturated/α-hetero) is 6. The summed E-state index contributed by atoms with van der Waals surface area (Å²) >= 11 is 0. The van der Waals surface area contributed by atoms with Crippen molar-refractivity contribution in [2.75, 3.05) is 158 Å². The predicted octanol–water partition coefficient (Wildman–Crippen LogP) is 7.43. The van der Waals surface area contributed by atoms with Crippen LogP contribution in [0.4, 0.5) is 0 Å². The second kappa shape index (κ2) is 82.2. The fourth-order valence-electron chi connectivity index (χ4n) is 14.7. The van der Waals surface area contributed by atoms with E-state index in [0.29, 0.717) is 82.5 Å². The molecule has 0 radical (unpaired) electrons. The molecule has 0 saturated heterocycles. The second-order valence-electron chi connectivity index (χ2n) is 35.5.